The molecule has 0 saturated carbocycles. The molecule has 0 saturated heterocycles. The zero-order valence-electron chi connectivity index (χ0n) is 8.09. The van der Waals surface area contributed by atoms with Crippen LogP contribution in [-0.2, 0) is 0 Å². The Morgan fingerprint density at radius 1 is 1.33 bits per heavy atom. The molecule has 2 rings (SSSR count). The van der Waals surface area contributed by atoms with Crippen LogP contribution in [0.4, 0.5) is 0 Å². The summed E-state index contributed by atoms with van der Waals surface area (Å²) >= 11 is 0. The van der Waals surface area contributed by atoms with Crippen molar-refractivity contribution < 1.29 is 5.11 Å². The first-order chi connectivity index (χ1) is 7.31. The van der Waals surface area contributed by atoms with E-state index in [0.717, 1.165) is 16.3 Å². The fourth-order valence-corrected chi connectivity index (χ4v) is 1.50. The highest BCUT2D eigenvalue weighted by molar-refractivity contribution is 5.82. The van der Waals surface area contributed by atoms with Gasteiger partial charge in [0.15, 0.2) is 6.10 Å². The molecule has 0 aliphatic heterocycles. The minimum absolute atomic E-state index is 0.108. The van der Waals surface area contributed by atoms with E-state index in [1.54, 1.807) is 12.4 Å². The summed E-state index contributed by atoms with van der Waals surface area (Å²) in [5.41, 5.74) is 0.782. The molecule has 2 aromatic rings. The Balaban J connectivity index is 2.43. The van der Waals surface area contributed by atoms with Gasteiger partial charge in [0.2, 0.25) is 6.54 Å². The van der Waals surface area contributed by atoms with Gasteiger partial charge in [-0.1, -0.05) is 12.1 Å². The van der Waals surface area contributed by atoms with E-state index in [4.69, 9.17) is 6.57 Å². The Kier molecular flexibility index (Phi) is 2.61. The number of hydrogen-bond donors (Lipinski definition) is 1. The van der Waals surface area contributed by atoms with Gasteiger partial charge in [0.1, 0.15) is 0 Å². The summed E-state index contributed by atoms with van der Waals surface area (Å²) in [4.78, 5) is 7.19. The highest BCUT2D eigenvalue weighted by Crippen LogP contribution is 2.19. The van der Waals surface area contributed by atoms with Crippen LogP contribution in [0.3, 0.4) is 0 Å². The normalized spacial score (nSPS) is 12.3. The number of aliphatic hydroxyl groups is 1. The topological polar surface area (TPSA) is 37.5 Å². The summed E-state index contributed by atoms with van der Waals surface area (Å²) in [7, 11) is 0. The minimum atomic E-state index is -0.694. The molecule has 1 heterocycles. The van der Waals surface area contributed by atoms with Gasteiger partial charge in [-0.05, 0) is 23.1 Å². The Morgan fingerprint density at radius 2 is 2.20 bits per heavy atom. The van der Waals surface area contributed by atoms with E-state index in [0.29, 0.717) is 0 Å². The average molecular weight is 198 g/mol. The smallest absolute Gasteiger partial charge is 0.244 e. The van der Waals surface area contributed by atoms with Crippen LogP contribution in [0.1, 0.15) is 11.7 Å². The molecule has 1 N–H and O–H groups in total. The number of rotatable bonds is 2. The average Bonchev–Trinajstić information content (AvgIpc) is 2.29. The molecule has 15 heavy (non-hydrogen) atoms. The monoisotopic (exact) mass is 198 g/mol. The third kappa shape index (κ3) is 1.95. The summed E-state index contributed by atoms with van der Waals surface area (Å²) in [5, 5.41) is 11.7. The second-order valence-electron chi connectivity index (χ2n) is 3.34. The molecule has 3 nitrogen and oxygen atoms in total. The molecule has 1 aromatic heterocycles. The number of aromatic nitrogens is 1. The van der Waals surface area contributed by atoms with Gasteiger partial charge in [-0.15, -0.1) is 0 Å². The second-order valence-corrected chi connectivity index (χ2v) is 3.34. The van der Waals surface area contributed by atoms with E-state index in [1.807, 2.05) is 24.3 Å². The van der Waals surface area contributed by atoms with Crippen molar-refractivity contribution in [1.29, 1.82) is 0 Å². The predicted molar refractivity (Wildman–Crippen MR) is 58.2 cm³/mol. The summed E-state index contributed by atoms with van der Waals surface area (Å²) in [6.07, 6.45) is 2.80. The minimum Gasteiger partial charge on any atom is -0.381 e. The Labute approximate surface area is 87.8 Å². The van der Waals surface area contributed by atoms with E-state index < -0.39 is 6.10 Å². The van der Waals surface area contributed by atoms with Crippen molar-refractivity contribution in [2.24, 2.45) is 0 Å². The molecule has 0 aliphatic rings. The fraction of sp³-hybridized carbons (Fsp3) is 0.167. The maximum Gasteiger partial charge on any atom is 0.244 e. The lowest BCUT2D eigenvalue weighted by atomic mass is 10.1. The number of pyridine rings is 1. The zero-order valence-corrected chi connectivity index (χ0v) is 8.09. The molecule has 0 bridgehead atoms. The van der Waals surface area contributed by atoms with Crippen molar-refractivity contribution in [1.82, 2.24) is 4.98 Å². The number of nitrogens with zero attached hydrogens (tertiary/aromatic N) is 2. The lowest BCUT2D eigenvalue weighted by Gasteiger charge is -2.05. The standard InChI is InChI=1S/C12H10N2O/c1-13-8-12(15)10-2-3-11-7-14-5-4-9(11)6-10/h2-7,12,15H,8H2. The van der Waals surface area contributed by atoms with Crippen LogP contribution >= 0.6 is 0 Å². The number of benzene rings is 1. The van der Waals surface area contributed by atoms with Gasteiger partial charge < -0.3 is 9.95 Å². The molecule has 0 radical (unpaired) electrons. The zero-order chi connectivity index (χ0) is 10.7. The first-order valence-electron chi connectivity index (χ1n) is 4.66. The van der Waals surface area contributed by atoms with Crippen molar-refractivity contribution in [2.45, 2.75) is 6.10 Å². The van der Waals surface area contributed by atoms with Crippen molar-refractivity contribution in [3.63, 3.8) is 0 Å². The van der Waals surface area contributed by atoms with E-state index in [2.05, 4.69) is 9.83 Å². The van der Waals surface area contributed by atoms with E-state index in [9.17, 15) is 5.11 Å². The number of hydrogen-bond acceptors (Lipinski definition) is 2. The largest absolute Gasteiger partial charge is 0.381 e. The third-order valence-corrected chi connectivity index (χ3v) is 2.31. The molecule has 1 atom stereocenters. The van der Waals surface area contributed by atoms with Crippen LogP contribution in [0.15, 0.2) is 36.7 Å². The molecule has 74 valence electrons. The highest BCUT2D eigenvalue weighted by Gasteiger charge is 2.09. The first kappa shape index (κ1) is 9.63. The third-order valence-electron chi connectivity index (χ3n) is 2.31. The Bertz CT molecular complexity index is 516. The highest BCUT2D eigenvalue weighted by atomic mass is 16.3. The van der Waals surface area contributed by atoms with Crippen LogP contribution in [0.25, 0.3) is 15.6 Å². The van der Waals surface area contributed by atoms with Gasteiger partial charge >= 0.3 is 0 Å². The van der Waals surface area contributed by atoms with Gasteiger partial charge in [0, 0.05) is 17.8 Å². The molecule has 0 aliphatic carbocycles. The SMILES string of the molecule is [C-]#[N+]CC(O)c1ccc2cnccc2c1. The van der Waals surface area contributed by atoms with Crippen LogP contribution in [0.2, 0.25) is 0 Å². The van der Waals surface area contributed by atoms with Gasteiger partial charge in [0.25, 0.3) is 0 Å². The summed E-state index contributed by atoms with van der Waals surface area (Å²) < 4.78 is 0. The van der Waals surface area contributed by atoms with Gasteiger partial charge in [-0.25, -0.2) is 6.57 Å². The molecule has 1 aromatic carbocycles. The molecule has 3 heteroatoms. The van der Waals surface area contributed by atoms with E-state index in [-0.39, 0.29) is 6.54 Å². The first-order valence-corrected chi connectivity index (χ1v) is 4.66. The molecule has 1 unspecified atom stereocenters. The van der Waals surface area contributed by atoms with Crippen LogP contribution in [0.5, 0.6) is 0 Å². The Morgan fingerprint density at radius 3 is 3.00 bits per heavy atom. The lowest BCUT2D eigenvalue weighted by molar-refractivity contribution is 0.195. The number of aliphatic hydroxyl groups excluding tert-OH is 1. The van der Waals surface area contributed by atoms with Crippen molar-refractivity contribution in [3.8, 4) is 0 Å². The summed E-state index contributed by atoms with van der Waals surface area (Å²) in [5.74, 6) is 0. The predicted octanol–water partition coefficient (Wildman–Crippen LogP) is 2.19. The van der Waals surface area contributed by atoms with Crippen LogP contribution < -0.4 is 0 Å². The van der Waals surface area contributed by atoms with Crippen molar-refractivity contribution >= 4 is 10.8 Å². The fourth-order valence-electron chi connectivity index (χ4n) is 1.50. The van der Waals surface area contributed by atoms with E-state index in [1.165, 1.54) is 0 Å². The second kappa shape index (κ2) is 4.07. The van der Waals surface area contributed by atoms with E-state index >= 15 is 0 Å². The molecule has 0 spiro atoms. The summed E-state index contributed by atoms with van der Waals surface area (Å²) in [6.45, 7) is 6.81. The number of fused-ring (bicyclic) bond motifs is 1. The summed E-state index contributed by atoms with van der Waals surface area (Å²) in [6, 6.07) is 7.53. The molecular weight excluding hydrogens is 188 g/mol. The van der Waals surface area contributed by atoms with Gasteiger partial charge in [-0.3, -0.25) is 4.98 Å². The maximum absolute atomic E-state index is 9.65. The maximum atomic E-state index is 9.65. The molecule has 0 fully saturated rings. The van der Waals surface area contributed by atoms with Crippen LogP contribution in [0, 0.1) is 6.57 Å². The molecular formula is C12H10N2O. The van der Waals surface area contributed by atoms with Crippen molar-refractivity contribution in [2.75, 3.05) is 6.54 Å². The van der Waals surface area contributed by atoms with Crippen molar-refractivity contribution in [3.05, 3.63) is 53.6 Å². The van der Waals surface area contributed by atoms with Gasteiger partial charge in [0.05, 0.1) is 0 Å². The van der Waals surface area contributed by atoms with Crippen LogP contribution in [-0.4, -0.2) is 16.6 Å². The lowest BCUT2D eigenvalue weighted by Crippen LogP contribution is -1.99. The molecule has 0 amide bonds. The quantitative estimate of drug-likeness (QED) is 0.751. The van der Waals surface area contributed by atoms with Gasteiger partial charge in [-0.2, -0.15) is 0 Å². The Hall–Kier alpha value is -1.92.